The molecule has 0 unspecified atom stereocenters. The Bertz CT molecular complexity index is 631. The molecule has 0 aromatic carbocycles. The highest BCUT2D eigenvalue weighted by Crippen LogP contribution is 2.09. The molecule has 0 bridgehead atoms. The molecule has 0 saturated heterocycles. The van der Waals surface area contributed by atoms with Crippen LogP contribution in [0.1, 0.15) is 64.7 Å². The largest absolute Gasteiger partial charge is 0.394 e. The van der Waals surface area contributed by atoms with E-state index in [-0.39, 0.29) is 6.61 Å². The van der Waals surface area contributed by atoms with Crippen LogP contribution in [0.4, 0.5) is 0 Å². The standard InChI is InChI=1S/C41H84O16/c1-2-3-4-5-6-7-8-9-10-12-43-14-16-45-18-20-47-22-24-49-26-28-51-30-32-53-34-36-55-38-40-57-41-39-56-37-35-54-33-31-52-29-27-50-25-23-48-21-19-46-17-15-44-13-11-42/h42H,2-41H2,1H3. The van der Waals surface area contributed by atoms with Crippen molar-refractivity contribution in [2.75, 3.05) is 205 Å². The monoisotopic (exact) mass is 833 g/mol. The Balaban J connectivity index is 3.05. The average Bonchev–Trinajstić information content (AvgIpc) is 3.22. The average molecular weight is 833 g/mol. The van der Waals surface area contributed by atoms with E-state index in [4.69, 9.17) is 76.2 Å². The number of ether oxygens (including phenoxy) is 15. The summed E-state index contributed by atoms with van der Waals surface area (Å²) in [7, 11) is 0. The summed E-state index contributed by atoms with van der Waals surface area (Å²) >= 11 is 0. The number of unbranched alkanes of at least 4 members (excludes halogenated alkanes) is 8. The van der Waals surface area contributed by atoms with Crippen LogP contribution in [0.3, 0.4) is 0 Å². The lowest BCUT2D eigenvalue weighted by molar-refractivity contribution is -0.0301. The summed E-state index contributed by atoms with van der Waals surface area (Å²) in [6, 6.07) is 0. The highest BCUT2D eigenvalue weighted by atomic mass is 16.6. The molecule has 0 saturated carbocycles. The predicted octanol–water partition coefficient (Wildman–Crippen LogP) is 3.76. The van der Waals surface area contributed by atoms with Crippen molar-refractivity contribution < 1.29 is 76.2 Å². The van der Waals surface area contributed by atoms with Crippen LogP contribution < -0.4 is 0 Å². The fraction of sp³-hybridized carbons (Fsp3) is 1.00. The van der Waals surface area contributed by atoms with E-state index in [2.05, 4.69) is 6.92 Å². The fourth-order valence-electron chi connectivity index (χ4n) is 4.76. The van der Waals surface area contributed by atoms with Crippen molar-refractivity contribution in [3.8, 4) is 0 Å². The Morgan fingerprint density at radius 1 is 0.193 bits per heavy atom. The Morgan fingerprint density at radius 3 is 0.544 bits per heavy atom. The molecule has 0 aliphatic rings. The number of aliphatic hydroxyl groups is 1. The maximum atomic E-state index is 8.59. The van der Waals surface area contributed by atoms with Crippen molar-refractivity contribution in [3.05, 3.63) is 0 Å². The molecule has 16 nitrogen and oxygen atoms in total. The second-order valence-electron chi connectivity index (χ2n) is 12.7. The van der Waals surface area contributed by atoms with E-state index in [0.29, 0.717) is 192 Å². The molecule has 57 heavy (non-hydrogen) atoms. The number of rotatable bonds is 54. The summed E-state index contributed by atoms with van der Waals surface area (Å²) in [4.78, 5) is 0. The lowest BCUT2D eigenvalue weighted by Crippen LogP contribution is -2.15. The summed E-state index contributed by atoms with van der Waals surface area (Å²) in [5.74, 6) is 0. The zero-order valence-electron chi connectivity index (χ0n) is 35.9. The van der Waals surface area contributed by atoms with Gasteiger partial charge in [-0.2, -0.15) is 0 Å². The second kappa shape index (κ2) is 55.4. The van der Waals surface area contributed by atoms with Crippen LogP contribution in [-0.2, 0) is 71.1 Å². The lowest BCUT2D eigenvalue weighted by Gasteiger charge is -2.09. The number of hydrogen-bond donors (Lipinski definition) is 1. The summed E-state index contributed by atoms with van der Waals surface area (Å²) in [5.41, 5.74) is 0. The van der Waals surface area contributed by atoms with E-state index >= 15 is 0 Å². The van der Waals surface area contributed by atoms with E-state index in [9.17, 15) is 0 Å². The molecule has 16 heteroatoms. The third kappa shape index (κ3) is 55.4. The van der Waals surface area contributed by atoms with Crippen LogP contribution >= 0.6 is 0 Å². The SMILES string of the molecule is CCCCCCCCCCCOCCOCCOCCOCCOCCOCCOCCOCCOCCOCCOCCOCCOCCOCCOCCO. The zero-order valence-corrected chi connectivity index (χ0v) is 35.9. The third-order valence-electron chi connectivity index (χ3n) is 7.84. The van der Waals surface area contributed by atoms with Crippen LogP contribution in [0.5, 0.6) is 0 Å². The molecule has 0 aromatic heterocycles. The minimum Gasteiger partial charge on any atom is -0.394 e. The molecule has 0 heterocycles. The quantitative estimate of drug-likeness (QED) is 0.0883. The van der Waals surface area contributed by atoms with E-state index < -0.39 is 0 Å². The molecule has 0 rings (SSSR count). The van der Waals surface area contributed by atoms with Crippen LogP contribution in [0.2, 0.25) is 0 Å². The van der Waals surface area contributed by atoms with Gasteiger partial charge in [0.15, 0.2) is 0 Å². The van der Waals surface area contributed by atoms with E-state index in [1.54, 1.807) is 0 Å². The highest BCUT2D eigenvalue weighted by molar-refractivity contribution is 4.47. The molecule has 1 N–H and O–H groups in total. The Labute approximate surface area is 345 Å². The first-order valence-corrected chi connectivity index (χ1v) is 21.7. The summed E-state index contributed by atoms with van der Waals surface area (Å²) in [5, 5.41) is 8.59. The second-order valence-corrected chi connectivity index (χ2v) is 12.7. The number of hydrogen-bond acceptors (Lipinski definition) is 16. The van der Waals surface area contributed by atoms with Gasteiger partial charge in [0.25, 0.3) is 0 Å². The van der Waals surface area contributed by atoms with Gasteiger partial charge in [-0.25, -0.2) is 0 Å². The van der Waals surface area contributed by atoms with Crippen LogP contribution in [0.15, 0.2) is 0 Å². The molecular formula is C41H84O16. The Hall–Kier alpha value is -0.640. The summed E-state index contributed by atoms with van der Waals surface area (Å²) < 4.78 is 82.0. The molecule has 0 aliphatic heterocycles. The van der Waals surface area contributed by atoms with E-state index in [1.807, 2.05) is 0 Å². The minimum absolute atomic E-state index is 0.0236. The first-order valence-electron chi connectivity index (χ1n) is 21.7. The van der Waals surface area contributed by atoms with Gasteiger partial charge < -0.3 is 76.2 Å². The maximum absolute atomic E-state index is 8.59. The first-order chi connectivity index (χ1) is 28.4. The van der Waals surface area contributed by atoms with Crippen molar-refractivity contribution in [1.29, 1.82) is 0 Å². The van der Waals surface area contributed by atoms with E-state index in [1.165, 1.54) is 51.4 Å². The normalized spacial score (nSPS) is 11.7. The zero-order chi connectivity index (χ0) is 40.9. The first kappa shape index (κ1) is 56.4. The van der Waals surface area contributed by atoms with Gasteiger partial charge >= 0.3 is 0 Å². The van der Waals surface area contributed by atoms with Crippen LogP contribution in [-0.4, -0.2) is 210 Å². The van der Waals surface area contributed by atoms with Crippen molar-refractivity contribution in [3.63, 3.8) is 0 Å². The molecule has 0 spiro atoms. The summed E-state index contributed by atoms with van der Waals surface area (Å²) in [6.45, 7) is 18.0. The molecule has 344 valence electrons. The topological polar surface area (TPSA) is 159 Å². The smallest absolute Gasteiger partial charge is 0.0701 e. The molecule has 0 fully saturated rings. The van der Waals surface area contributed by atoms with Crippen LogP contribution in [0, 0.1) is 0 Å². The highest BCUT2D eigenvalue weighted by Gasteiger charge is 1.98. The van der Waals surface area contributed by atoms with Gasteiger partial charge in [0.05, 0.1) is 198 Å². The van der Waals surface area contributed by atoms with Crippen molar-refractivity contribution in [2.45, 2.75) is 64.7 Å². The third-order valence-corrected chi connectivity index (χ3v) is 7.84. The lowest BCUT2D eigenvalue weighted by atomic mass is 10.1. The van der Waals surface area contributed by atoms with E-state index in [0.717, 1.165) is 13.0 Å². The van der Waals surface area contributed by atoms with Crippen molar-refractivity contribution >= 4 is 0 Å². The van der Waals surface area contributed by atoms with Gasteiger partial charge in [-0.15, -0.1) is 0 Å². The van der Waals surface area contributed by atoms with Gasteiger partial charge in [-0.05, 0) is 6.42 Å². The Morgan fingerprint density at radius 2 is 0.351 bits per heavy atom. The van der Waals surface area contributed by atoms with Crippen molar-refractivity contribution in [2.24, 2.45) is 0 Å². The fourth-order valence-corrected chi connectivity index (χ4v) is 4.76. The molecule has 0 radical (unpaired) electrons. The van der Waals surface area contributed by atoms with Crippen LogP contribution in [0.25, 0.3) is 0 Å². The van der Waals surface area contributed by atoms with Gasteiger partial charge in [-0.1, -0.05) is 58.3 Å². The Kier molecular flexibility index (Phi) is 54.7. The molecule has 0 aliphatic carbocycles. The molecule has 0 amide bonds. The van der Waals surface area contributed by atoms with Crippen molar-refractivity contribution in [1.82, 2.24) is 0 Å². The van der Waals surface area contributed by atoms with Gasteiger partial charge in [0, 0.05) is 6.61 Å². The van der Waals surface area contributed by atoms with Gasteiger partial charge in [0.2, 0.25) is 0 Å². The summed E-state index contributed by atoms with van der Waals surface area (Å²) in [6.07, 6.45) is 11.9. The van der Waals surface area contributed by atoms with Gasteiger partial charge in [-0.3, -0.25) is 0 Å². The minimum atomic E-state index is 0.0236. The molecule has 0 atom stereocenters. The predicted molar refractivity (Wildman–Crippen MR) is 217 cm³/mol. The molecule has 0 aromatic rings. The number of aliphatic hydroxyl groups excluding tert-OH is 1. The maximum Gasteiger partial charge on any atom is 0.0701 e. The molecular weight excluding hydrogens is 748 g/mol. The van der Waals surface area contributed by atoms with Gasteiger partial charge in [0.1, 0.15) is 0 Å².